The summed E-state index contributed by atoms with van der Waals surface area (Å²) in [6.07, 6.45) is 1.95. The highest BCUT2D eigenvalue weighted by Crippen LogP contribution is 2.20. The van der Waals surface area contributed by atoms with Crippen molar-refractivity contribution in [1.82, 2.24) is 10.3 Å². The number of carbonyl (C=O) groups excluding carboxylic acids is 2. The molecule has 142 valence electrons. The molecule has 1 fully saturated rings. The number of aromatic nitrogens is 1. The normalized spacial score (nSPS) is 16.0. The molecule has 3 rings (SSSR count). The number of nitrogens with zero attached hydrogens (tertiary/aromatic N) is 2. The highest BCUT2D eigenvalue weighted by Gasteiger charge is 2.25. The first-order valence-corrected chi connectivity index (χ1v) is 8.87. The van der Waals surface area contributed by atoms with Crippen molar-refractivity contribution in [3.8, 4) is 0 Å². The Balaban J connectivity index is 1.58. The number of benzene rings is 1. The van der Waals surface area contributed by atoms with Crippen LogP contribution in [0.5, 0.6) is 0 Å². The number of amides is 2. The van der Waals surface area contributed by atoms with Crippen molar-refractivity contribution in [3.63, 3.8) is 0 Å². The van der Waals surface area contributed by atoms with Gasteiger partial charge in [0.15, 0.2) is 0 Å². The van der Waals surface area contributed by atoms with Gasteiger partial charge in [-0.1, -0.05) is 12.1 Å². The maximum atomic E-state index is 12.4. The van der Waals surface area contributed by atoms with E-state index in [0.29, 0.717) is 30.1 Å². The molecule has 27 heavy (non-hydrogen) atoms. The second-order valence-corrected chi connectivity index (χ2v) is 6.24. The molecule has 1 aliphatic heterocycles. The summed E-state index contributed by atoms with van der Waals surface area (Å²) < 4.78 is 4.91. The second kappa shape index (κ2) is 8.39. The Kier molecular flexibility index (Phi) is 5.75. The van der Waals surface area contributed by atoms with Gasteiger partial charge >= 0.3 is 6.09 Å². The summed E-state index contributed by atoms with van der Waals surface area (Å²) in [4.78, 5) is 30.3. The average Bonchev–Trinajstić information content (AvgIpc) is 3.12. The molecule has 1 aromatic heterocycles. The zero-order valence-electron chi connectivity index (χ0n) is 15.1. The van der Waals surface area contributed by atoms with E-state index in [1.54, 1.807) is 43.3 Å². The van der Waals surface area contributed by atoms with Crippen LogP contribution >= 0.6 is 0 Å². The molecule has 0 bridgehead atoms. The Morgan fingerprint density at radius 1 is 1.30 bits per heavy atom. The summed E-state index contributed by atoms with van der Waals surface area (Å²) >= 11 is 0. The monoisotopic (exact) mass is 369 g/mol. The lowest BCUT2D eigenvalue weighted by Gasteiger charge is -2.18. The molecular formula is C19H23N5O3. The van der Waals surface area contributed by atoms with E-state index in [9.17, 15) is 9.59 Å². The van der Waals surface area contributed by atoms with E-state index in [0.717, 1.165) is 18.8 Å². The summed E-state index contributed by atoms with van der Waals surface area (Å²) in [5.41, 5.74) is 7.37. The van der Waals surface area contributed by atoms with Gasteiger partial charge in [-0.2, -0.15) is 0 Å². The molecule has 2 amide bonds. The predicted octanol–water partition coefficient (Wildman–Crippen LogP) is 2.24. The van der Waals surface area contributed by atoms with E-state index in [1.165, 1.54) is 6.20 Å². The van der Waals surface area contributed by atoms with Crippen LogP contribution in [-0.2, 0) is 4.74 Å². The van der Waals surface area contributed by atoms with Crippen molar-refractivity contribution >= 4 is 29.2 Å². The summed E-state index contributed by atoms with van der Waals surface area (Å²) in [6.45, 7) is 3.55. The molecule has 1 unspecified atom stereocenters. The molecule has 8 nitrogen and oxygen atoms in total. The standard InChI is InChI=1S/C19H23N5O3/c1-2-27-19(26)22-14-9-10-24(12-14)17-8-7-13(11-21-17)18(25)23-16-6-4-3-5-15(16)20/h3-8,11,14H,2,9-10,12,20H2,1H3,(H,22,26)(H,23,25). The van der Waals surface area contributed by atoms with Crippen molar-refractivity contribution in [3.05, 3.63) is 48.2 Å². The highest BCUT2D eigenvalue weighted by atomic mass is 16.5. The van der Waals surface area contributed by atoms with E-state index in [4.69, 9.17) is 10.5 Å². The van der Waals surface area contributed by atoms with Crippen LogP contribution in [0.3, 0.4) is 0 Å². The number of nitrogens with one attached hydrogen (secondary N) is 2. The van der Waals surface area contributed by atoms with Crippen LogP contribution in [0.1, 0.15) is 23.7 Å². The topological polar surface area (TPSA) is 110 Å². The van der Waals surface area contributed by atoms with Gasteiger partial charge < -0.3 is 26.0 Å². The van der Waals surface area contributed by atoms with E-state index < -0.39 is 6.09 Å². The van der Waals surface area contributed by atoms with Gasteiger partial charge in [-0.3, -0.25) is 4.79 Å². The number of anilines is 3. The van der Waals surface area contributed by atoms with E-state index in [-0.39, 0.29) is 11.9 Å². The number of alkyl carbamates (subject to hydrolysis) is 1. The molecule has 2 aromatic rings. The first-order valence-electron chi connectivity index (χ1n) is 8.87. The summed E-state index contributed by atoms with van der Waals surface area (Å²) in [7, 11) is 0. The largest absolute Gasteiger partial charge is 0.450 e. The minimum Gasteiger partial charge on any atom is -0.450 e. The summed E-state index contributed by atoms with van der Waals surface area (Å²) in [6, 6.07) is 10.6. The summed E-state index contributed by atoms with van der Waals surface area (Å²) in [5.74, 6) is 0.495. The first kappa shape index (κ1) is 18.5. The number of nitrogen functional groups attached to an aromatic ring is 1. The van der Waals surface area contributed by atoms with Gasteiger partial charge in [0.25, 0.3) is 5.91 Å². The van der Waals surface area contributed by atoms with E-state index >= 15 is 0 Å². The Bertz CT molecular complexity index is 809. The zero-order chi connectivity index (χ0) is 19.2. The van der Waals surface area contributed by atoms with Gasteiger partial charge in [-0.25, -0.2) is 9.78 Å². The van der Waals surface area contributed by atoms with Crippen LogP contribution in [-0.4, -0.2) is 42.7 Å². The number of para-hydroxylation sites is 2. The van der Waals surface area contributed by atoms with Gasteiger partial charge in [0.1, 0.15) is 5.82 Å². The molecular weight excluding hydrogens is 346 g/mol. The number of hydrogen-bond acceptors (Lipinski definition) is 6. The molecule has 4 N–H and O–H groups in total. The van der Waals surface area contributed by atoms with Gasteiger partial charge in [-0.05, 0) is 37.6 Å². The fraction of sp³-hybridized carbons (Fsp3) is 0.316. The Labute approximate surface area is 157 Å². The number of ether oxygens (including phenoxy) is 1. The third-order valence-corrected chi connectivity index (χ3v) is 4.33. The third-order valence-electron chi connectivity index (χ3n) is 4.33. The molecule has 0 spiro atoms. The number of rotatable bonds is 5. The molecule has 0 saturated carbocycles. The van der Waals surface area contributed by atoms with Gasteiger partial charge in [-0.15, -0.1) is 0 Å². The van der Waals surface area contributed by atoms with Gasteiger partial charge in [0.05, 0.1) is 29.6 Å². The average molecular weight is 369 g/mol. The van der Waals surface area contributed by atoms with Crippen LogP contribution in [0.15, 0.2) is 42.6 Å². The molecule has 2 heterocycles. The summed E-state index contributed by atoms with van der Waals surface area (Å²) in [5, 5.41) is 5.61. The van der Waals surface area contributed by atoms with Crippen LogP contribution in [0.4, 0.5) is 22.0 Å². The fourth-order valence-electron chi connectivity index (χ4n) is 2.94. The highest BCUT2D eigenvalue weighted by molar-refractivity contribution is 6.05. The lowest BCUT2D eigenvalue weighted by atomic mass is 10.2. The number of pyridine rings is 1. The minimum atomic E-state index is -0.399. The predicted molar refractivity (Wildman–Crippen MR) is 104 cm³/mol. The third kappa shape index (κ3) is 4.66. The Morgan fingerprint density at radius 3 is 2.81 bits per heavy atom. The molecule has 1 aliphatic rings. The SMILES string of the molecule is CCOC(=O)NC1CCN(c2ccc(C(=O)Nc3ccccc3N)cn2)C1. The van der Waals surface area contributed by atoms with Crippen molar-refractivity contribution in [1.29, 1.82) is 0 Å². The van der Waals surface area contributed by atoms with Gasteiger partial charge in [0.2, 0.25) is 0 Å². The maximum absolute atomic E-state index is 12.4. The van der Waals surface area contributed by atoms with Crippen molar-refractivity contribution in [2.24, 2.45) is 0 Å². The fourth-order valence-corrected chi connectivity index (χ4v) is 2.94. The maximum Gasteiger partial charge on any atom is 0.407 e. The molecule has 8 heteroatoms. The van der Waals surface area contributed by atoms with Crippen LogP contribution in [0.2, 0.25) is 0 Å². The molecule has 0 radical (unpaired) electrons. The number of nitrogens with two attached hydrogens (primary N) is 1. The smallest absolute Gasteiger partial charge is 0.407 e. The lowest BCUT2D eigenvalue weighted by Crippen LogP contribution is -2.37. The number of carbonyl (C=O) groups is 2. The second-order valence-electron chi connectivity index (χ2n) is 6.24. The molecule has 1 aromatic carbocycles. The first-order chi connectivity index (χ1) is 13.1. The van der Waals surface area contributed by atoms with Gasteiger partial charge in [0, 0.05) is 19.3 Å². The van der Waals surface area contributed by atoms with E-state index in [1.807, 2.05) is 0 Å². The zero-order valence-corrected chi connectivity index (χ0v) is 15.1. The van der Waals surface area contributed by atoms with Crippen molar-refractivity contribution < 1.29 is 14.3 Å². The molecule has 1 saturated heterocycles. The lowest BCUT2D eigenvalue weighted by molar-refractivity contribution is 0.102. The van der Waals surface area contributed by atoms with Crippen molar-refractivity contribution in [2.75, 3.05) is 35.6 Å². The van der Waals surface area contributed by atoms with Crippen LogP contribution in [0, 0.1) is 0 Å². The van der Waals surface area contributed by atoms with E-state index in [2.05, 4.69) is 20.5 Å². The molecule has 0 aliphatic carbocycles. The minimum absolute atomic E-state index is 0.0230. The van der Waals surface area contributed by atoms with Crippen LogP contribution < -0.4 is 21.3 Å². The Hall–Kier alpha value is -3.29. The number of hydrogen-bond donors (Lipinski definition) is 3. The molecule has 1 atom stereocenters. The quantitative estimate of drug-likeness (QED) is 0.697. The van der Waals surface area contributed by atoms with Crippen LogP contribution in [0.25, 0.3) is 0 Å². The Morgan fingerprint density at radius 2 is 2.11 bits per heavy atom. The van der Waals surface area contributed by atoms with Crippen molar-refractivity contribution in [2.45, 2.75) is 19.4 Å².